The van der Waals surface area contributed by atoms with Gasteiger partial charge in [-0.1, -0.05) is 42.5 Å². The summed E-state index contributed by atoms with van der Waals surface area (Å²) in [5.41, 5.74) is 1.25. The highest BCUT2D eigenvalue weighted by Crippen LogP contribution is 2.38. The summed E-state index contributed by atoms with van der Waals surface area (Å²) in [7, 11) is 0. The van der Waals surface area contributed by atoms with Crippen molar-refractivity contribution < 1.29 is 20.1 Å². The van der Waals surface area contributed by atoms with Gasteiger partial charge < -0.3 is 25.4 Å². The largest absolute Gasteiger partial charge is 0.394 e. The lowest BCUT2D eigenvalue weighted by Crippen LogP contribution is -2.33. The second-order valence-electron chi connectivity index (χ2n) is 7.27. The SMILES string of the molecule is OC[C@@H]1O[C@H](n2c(NC3CCCCC3)nc3cc(Cl)c(Cl)cc32)[C@@H](O)[C@H]1O. The molecule has 2 fully saturated rings. The molecule has 2 aliphatic rings. The number of imidazole rings is 1. The smallest absolute Gasteiger partial charge is 0.206 e. The Morgan fingerprint density at radius 1 is 1.11 bits per heavy atom. The molecule has 0 amide bonds. The highest BCUT2D eigenvalue weighted by atomic mass is 35.5. The van der Waals surface area contributed by atoms with Gasteiger partial charge in [0.15, 0.2) is 6.23 Å². The van der Waals surface area contributed by atoms with Crippen LogP contribution < -0.4 is 5.32 Å². The van der Waals surface area contributed by atoms with Crippen molar-refractivity contribution in [3.63, 3.8) is 0 Å². The molecule has 4 rings (SSSR count). The molecule has 1 aromatic heterocycles. The molecule has 9 heteroatoms. The summed E-state index contributed by atoms with van der Waals surface area (Å²) >= 11 is 12.3. The number of nitrogens with zero attached hydrogens (tertiary/aromatic N) is 2. The Morgan fingerprint density at radius 3 is 2.48 bits per heavy atom. The number of halogens is 2. The molecular weight excluding hydrogens is 393 g/mol. The average Bonchev–Trinajstić information content (AvgIpc) is 3.13. The maximum absolute atomic E-state index is 10.5. The maximum Gasteiger partial charge on any atom is 0.206 e. The summed E-state index contributed by atoms with van der Waals surface area (Å²) in [6.45, 7) is -0.390. The molecule has 2 aromatic rings. The number of aromatic nitrogens is 2. The zero-order chi connectivity index (χ0) is 19.1. The normalized spacial score (nSPS) is 29.5. The Bertz CT molecular complexity index is 825. The van der Waals surface area contributed by atoms with Crippen LogP contribution in [0.2, 0.25) is 10.0 Å². The Hall–Kier alpha value is -1.09. The molecule has 1 aliphatic heterocycles. The topological polar surface area (TPSA) is 99.8 Å². The molecule has 0 unspecified atom stereocenters. The van der Waals surface area contributed by atoms with Crippen LogP contribution in [0.15, 0.2) is 12.1 Å². The van der Waals surface area contributed by atoms with Gasteiger partial charge in [-0.05, 0) is 25.0 Å². The van der Waals surface area contributed by atoms with Crippen LogP contribution >= 0.6 is 23.2 Å². The molecule has 1 aliphatic carbocycles. The molecule has 27 heavy (non-hydrogen) atoms. The third-order valence-electron chi connectivity index (χ3n) is 5.44. The van der Waals surface area contributed by atoms with Crippen molar-refractivity contribution in [2.45, 2.75) is 62.7 Å². The summed E-state index contributed by atoms with van der Waals surface area (Å²) in [5, 5.41) is 34.3. The standard InChI is InChI=1S/C18H23Cl2N3O4/c19-10-6-12-13(7-11(10)20)23(17-16(26)15(25)14(8-24)27-17)18(22-12)21-9-4-2-1-3-5-9/h6-7,9,14-17,24-26H,1-5,8H2,(H,21,22)/t14-,15-,16-,17-/m0/s1. The van der Waals surface area contributed by atoms with Crippen molar-refractivity contribution >= 4 is 40.2 Å². The lowest BCUT2D eigenvalue weighted by molar-refractivity contribution is -0.0499. The maximum atomic E-state index is 10.5. The summed E-state index contributed by atoms with van der Waals surface area (Å²) < 4.78 is 7.45. The number of aliphatic hydroxyl groups is 3. The van der Waals surface area contributed by atoms with Crippen LogP contribution in [-0.4, -0.2) is 55.8 Å². The van der Waals surface area contributed by atoms with E-state index in [0.29, 0.717) is 27.0 Å². The first kappa shape index (κ1) is 19.2. The van der Waals surface area contributed by atoms with Crippen LogP contribution in [0.4, 0.5) is 5.95 Å². The van der Waals surface area contributed by atoms with Crippen molar-refractivity contribution in [1.29, 1.82) is 0 Å². The van der Waals surface area contributed by atoms with E-state index in [4.69, 9.17) is 27.9 Å². The predicted octanol–water partition coefficient (Wildman–Crippen LogP) is 2.70. The summed E-state index contributed by atoms with van der Waals surface area (Å²) in [5.74, 6) is 0.532. The monoisotopic (exact) mass is 415 g/mol. The van der Waals surface area contributed by atoms with Crippen molar-refractivity contribution in [2.24, 2.45) is 0 Å². The van der Waals surface area contributed by atoms with E-state index in [2.05, 4.69) is 10.3 Å². The quantitative estimate of drug-likeness (QED) is 0.612. The zero-order valence-corrected chi connectivity index (χ0v) is 16.2. The summed E-state index contributed by atoms with van der Waals surface area (Å²) in [4.78, 5) is 4.64. The first-order chi connectivity index (χ1) is 13.0. The van der Waals surface area contributed by atoms with Crippen LogP contribution in [0.3, 0.4) is 0 Å². The lowest BCUT2D eigenvalue weighted by atomic mass is 9.96. The summed E-state index contributed by atoms with van der Waals surface area (Å²) in [6.07, 6.45) is 1.46. The van der Waals surface area contributed by atoms with E-state index in [1.54, 1.807) is 16.7 Å². The van der Waals surface area contributed by atoms with Gasteiger partial charge in [-0.2, -0.15) is 0 Å². The van der Waals surface area contributed by atoms with Gasteiger partial charge in [0, 0.05) is 6.04 Å². The van der Waals surface area contributed by atoms with Crippen LogP contribution in [0, 0.1) is 0 Å². The van der Waals surface area contributed by atoms with E-state index >= 15 is 0 Å². The number of anilines is 1. The highest BCUT2D eigenvalue weighted by Gasteiger charge is 2.44. The van der Waals surface area contributed by atoms with Crippen molar-refractivity contribution in [3.05, 3.63) is 22.2 Å². The van der Waals surface area contributed by atoms with Gasteiger partial charge in [-0.25, -0.2) is 4.98 Å². The van der Waals surface area contributed by atoms with Gasteiger partial charge >= 0.3 is 0 Å². The minimum atomic E-state index is -1.21. The fourth-order valence-corrected chi connectivity index (χ4v) is 4.29. The number of hydrogen-bond donors (Lipinski definition) is 4. The van der Waals surface area contributed by atoms with Crippen molar-refractivity contribution in [1.82, 2.24) is 9.55 Å². The molecule has 7 nitrogen and oxygen atoms in total. The fourth-order valence-electron chi connectivity index (χ4n) is 3.97. The summed E-state index contributed by atoms with van der Waals surface area (Å²) in [6, 6.07) is 3.62. The molecule has 0 spiro atoms. The fraction of sp³-hybridized carbons (Fsp3) is 0.611. The predicted molar refractivity (Wildman–Crippen MR) is 103 cm³/mol. The minimum Gasteiger partial charge on any atom is -0.394 e. The first-order valence-corrected chi connectivity index (χ1v) is 10.0. The molecule has 2 heterocycles. The molecule has 1 saturated heterocycles. The van der Waals surface area contributed by atoms with Gasteiger partial charge in [-0.15, -0.1) is 0 Å². The number of rotatable bonds is 4. The van der Waals surface area contributed by atoms with Crippen LogP contribution in [0.25, 0.3) is 11.0 Å². The molecule has 148 valence electrons. The van der Waals surface area contributed by atoms with Gasteiger partial charge in [0.2, 0.25) is 5.95 Å². The molecular formula is C18H23Cl2N3O4. The van der Waals surface area contributed by atoms with E-state index in [-0.39, 0.29) is 12.6 Å². The van der Waals surface area contributed by atoms with E-state index in [9.17, 15) is 15.3 Å². The Balaban J connectivity index is 1.78. The van der Waals surface area contributed by atoms with Gasteiger partial charge in [0.1, 0.15) is 18.3 Å². The molecule has 4 atom stereocenters. The lowest BCUT2D eigenvalue weighted by Gasteiger charge is -2.26. The zero-order valence-electron chi connectivity index (χ0n) is 14.7. The second-order valence-corrected chi connectivity index (χ2v) is 8.08. The van der Waals surface area contributed by atoms with Gasteiger partial charge in [-0.3, -0.25) is 4.57 Å². The van der Waals surface area contributed by atoms with E-state index in [1.807, 2.05) is 0 Å². The molecule has 0 radical (unpaired) electrons. The Kier molecular flexibility index (Phi) is 5.51. The molecule has 0 bridgehead atoms. The number of aliphatic hydroxyl groups excluding tert-OH is 3. The molecule has 1 saturated carbocycles. The Labute approximate surface area is 166 Å². The third kappa shape index (κ3) is 3.52. The van der Waals surface area contributed by atoms with Crippen LogP contribution in [-0.2, 0) is 4.74 Å². The van der Waals surface area contributed by atoms with Crippen molar-refractivity contribution in [2.75, 3.05) is 11.9 Å². The number of ether oxygens (including phenoxy) is 1. The molecule has 4 N–H and O–H groups in total. The second kappa shape index (κ2) is 7.73. The number of fused-ring (bicyclic) bond motifs is 1. The first-order valence-electron chi connectivity index (χ1n) is 9.25. The van der Waals surface area contributed by atoms with Gasteiger partial charge in [0.05, 0.1) is 27.7 Å². The number of nitrogens with one attached hydrogen (secondary N) is 1. The van der Waals surface area contributed by atoms with Gasteiger partial charge in [0.25, 0.3) is 0 Å². The van der Waals surface area contributed by atoms with E-state index in [0.717, 1.165) is 25.7 Å². The third-order valence-corrected chi connectivity index (χ3v) is 6.16. The van der Waals surface area contributed by atoms with E-state index in [1.165, 1.54) is 6.42 Å². The van der Waals surface area contributed by atoms with E-state index < -0.39 is 24.5 Å². The minimum absolute atomic E-state index is 0.275. The number of hydrogen-bond acceptors (Lipinski definition) is 6. The number of benzene rings is 1. The average molecular weight is 416 g/mol. The van der Waals surface area contributed by atoms with Crippen LogP contribution in [0.1, 0.15) is 38.3 Å². The molecule has 1 aromatic carbocycles. The van der Waals surface area contributed by atoms with Crippen molar-refractivity contribution in [3.8, 4) is 0 Å². The van der Waals surface area contributed by atoms with Crippen LogP contribution in [0.5, 0.6) is 0 Å². The Morgan fingerprint density at radius 2 is 1.81 bits per heavy atom. The highest BCUT2D eigenvalue weighted by molar-refractivity contribution is 6.42.